The van der Waals surface area contributed by atoms with Gasteiger partial charge < -0.3 is 10.2 Å². The Balaban J connectivity index is 1.93. The van der Waals surface area contributed by atoms with Gasteiger partial charge in [0.1, 0.15) is 0 Å². The van der Waals surface area contributed by atoms with E-state index in [1.54, 1.807) is 0 Å². The maximum atomic E-state index is 13.7. The quantitative estimate of drug-likeness (QED) is 0.507. The zero-order valence-corrected chi connectivity index (χ0v) is 15.0. The fourth-order valence-corrected chi connectivity index (χ4v) is 2.70. The number of aromatic nitrogens is 2. The number of carbonyl (C=O) groups excluding carboxylic acids is 1. The topological polar surface area (TPSA) is 78.1 Å². The van der Waals surface area contributed by atoms with E-state index >= 15 is 0 Å². The lowest BCUT2D eigenvalue weighted by Gasteiger charge is -2.25. The molecule has 0 aliphatic heterocycles. The molecule has 0 aliphatic rings. The second-order valence-electron chi connectivity index (χ2n) is 6.22. The van der Waals surface area contributed by atoms with Crippen LogP contribution in [0.5, 0.6) is 0 Å². The van der Waals surface area contributed by atoms with Crippen LogP contribution in [0.2, 0.25) is 0 Å². The van der Waals surface area contributed by atoms with Gasteiger partial charge in [-0.1, -0.05) is 0 Å². The van der Waals surface area contributed by atoms with Crippen molar-refractivity contribution in [2.24, 2.45) is 0 Å². The molecule has 29 heavy (non-hydrogen) atoms. The molecule has 0 bridgehead atoms. The third kappa shape index (κ3) is 3.75. The molecule has 0 aliphatic carbocycles. The van der Waals surface area contributed by atoms with Crippen LogP contribution in [0.3, 0.4) is 0 Å². The van der Waals surface area contributed by atoms with Crippen LogP contribution in [0.15, 0.2) is 29.1 Å². The predicted octanol–water partition coefficient (Wildman–Crippen LogP) is 3.84. The van der Waals surface area contributed by atoms with E-state index in [0.717, 1.165) is 11.0 Å². The maximum absolute atomic E-state index is 13.7. The van der Waals surface area contributed by atoms with Gasteiger partial charge in [-0.3, -0.25) is 4.79 Å². The number of rotatable bonds is 3. The highest BCUT2D eigenvalue weighted by molar-refractivity contribution is 5.90. The molecular formula is C18H13F5N4O2. The Bertz CT molecular complexity index is 1160. The number of benzene rings is 2. The SMILES string of the molecule is C[C@@H](c1n[nH]c(=O)c2cc(F)c(F)cc12)N(C)C(=O)Nc1cc(F)c(F)c(F)c1. The molecule has 6 nitrogen and oxygen atoms in total. The first kappa shape index (κ1) is 20.2. The van der Waals surface area contributed by atoms with E-state index in [0.29, 0.717) is 18.2 Å². The minimum absolute atomic E-state index is 0.0151. The summed E-state index contributed by atoms with van der Waals surface area (Å²) < 4.78 is 66.8. The molecule has 3 rings (SSSR count). The van der Waals surface area contributed by atoms with E-state index in [4.69, 9.17) is 0 Å². The van der Waals surface area contributed by atoms with Crippen LogP contribution >= 0.6 is 0 Å². The highest BCUT2D eigenvalue weighted by Gasteiger charge is 2.23. The number of hydrogen-bond donors (Lipinski definition) is 2. The van der Waals surface area contributed by atoms with Gasteiger partial charge in [-0.15, -0.1) is 0 Å². The van der Waals surface area contributed by atoms with Crippen molar-refractivity contribution >= 4 is 22.5 Å². The summed E-state index contributed by atoms with van der Waals surface area (Å²) in [6.07, 6.45) is 0. The number of halogens is 5. The van der Waals surface area contributed by atoms with Crippen molar-refractivity contribution in [3.8, 4) is 0 Å². The maximum Gasteiger partial charge on any atom is 0.322 e. The molecule has 3 aromatic rings. The summed E-state index contributed by atoms with van der Waals surface area (Å²) in [7, 11) is 1.30. The summed E-state index contributed by atoms with van der Waals surface area (Å²) in [5.74, 6) is -7.08. The normalized spacial score (nSPS) is 12.1. The number of fused-ring (bicyclic) bond motifs is 1. The van der Waals surface area contributed by atoms with Crippen LogP contribution in [0, 0.1) is 29.1 Å². The van der Waals surface area contributed by atoms with Crippen molar-refractivity contribution < 1.29 is 26.7 Å². The predicted molar refractivity (Wildman–Crippen MR) is 93.8 cm³/mol. The number of aromatic amines is 1. The van der Waals surface area contributed by atoms with E-state index in [-0.39, 0.29) is 22.2 Å². The minimum atomic E-state index is -1.68. The smallest absolute Gasteiger partial charge is 0.319 e. The first-order chi connectivity index (χ1) is 13.6. The van der Waals surface area contributed by atoms with Crippen LogP contribution in [0.4, 0.5) is 32.4 Å². The van der Waals surface area contributed by atoms with Crippen molar-refractivity contribution in [2.75, 3.05) is 12.4 Å². The van der Waals surface area contributed by atoms with Crippen LogP contribution in [-0.4, -0.2) is 28.2 Å². The molecule has 11 heteroatoms. The Morgan fingerprint density at radius 3 is 2.14 bits per heavy atom. The van der Waals surface area contributed by atoms with Crippen LogP contribution in [0.25, 0.3) is 10.8 Å². The highest BCUT2D eigenvalue weighted by atomic mass is 19.2. The summed E-state index contributed by atoms with van der Waals surface area (Å²) >= 11 is 0. The number of hydrogen-bond acceptors (Lipinski definition) is 3. The molecule has 2 amide bonds. The Morgan fingerprint density at radius 1 is 1.00 bits per heavy atom. The zero-order valence-electron chi connectivity index (χ0n) is 15.0. The van der Waals surface area contributed by atoms with Gasteiger partial charge in [0, 0.05) is 30.3 Å². The molecule has 1 aromatic heterocycles. The number of urea groups is 1. The molecule has 1 heterocycles. The van der Waals surface area contributed by atoms with Crippen LogP contribution in [0.1, 0.15) is 18.7 Å². The average molecular weight is 412 g/mol. The lowest BCUT2D eigenvalue weighted by Crippen LogP contribution is -2.34. The van der Waals surface area contributed by atoms with Gasteiger partial charge in [-0.05, 0) is 19.1 Å². The lowest BCUT2D eigenvalue weighted by molar-refractivity contribution is 0.207. The number of anilines is 1. The first-order valence-corrected chi connectivity index (χ1v) is 8.15. The van der Waals surface area contributed by atoms with Crippen molar-refractivity contribution in [1.29, 1.82) is 0 Å². The fraction of sp³-hybridized carbons (Fsp3) is 0.167. The van der Waals surface area contributed by atoms with Gasteiger partial charge >= 0.3 is 6.03 Å². The summed E-state index contributed by atoms with van der Waals surface area (Å²) in [5.41, 5.74) is -1.04. The van der Waals surface area contributed by atoms with Gasteiger partial charge in [0.05, 0.1) is 17.1 Å². The van der Waals surface area contributed by atoms with Gasteiger partial charge in [0.25, 0.3) is 5.56 Å². The van der Waals surface area contributed by atoms with Gasteiger partial charge in [-0.25, -0.2) is 31.8 Å². The monoisotopic (exact) mass is 412 g/mol. The van der Waals surface area contributed by atoms with E-state index in [1.165, 1.54) is 14.0 Å². The Hall–Kier alpha value is -3.50. The van der Waals surface area contributed by atoms with E-state index in [2.05, 4.69) is 15.5 Å². The highest BCUT2D eigenvalue weighted by Crippen LogP contribution is 2.26. The molecule has 0 spiro atoms. The van der Waals surface area contributed by atoms with Crippen molar-refractivity contribution in [3.63, 3.8) is 0 Å². The number of nitrogens with zero attached hydrogens (tertiary/aromatic N) is 2. The minimum Gasteiger partial charge on any atom is -0.319 e. The van der Waals surface area contributed by atoms with Crippen LogP contribution < -0.4 is 10.9 Å². The average Bonchev–Trinajstić information content (AvgIpc) is 2.66. The van der Waals surface area contributed by atoms with E-state index in [1.807, 2.05) is 0 Å². The molecule has 152 valence electrons. The Kier molecular flexibility index (Phi) is 5.23. The summed E-state index contributed by atoms with van der Waals surface area (Å²) in [5, 5.41) is 7.95. The molecule has 1 atom stereocenters. The standard InChI is InChI=1S/C18H13F5N4O2/c1-7(16-9-5-11(19)12(20)6-10(9)17(28)26-25-16)27(2)18(29)24-8-3-13(21)15(23)14(22)4-8/h3-7H,1-2H3,(H,24,29)(H,26,28)/t7-/m0/s1. The summed E-state index contributed by atoms with van der Waals surface area (Å²) in [6, 6.07) is 0.961. The molecule has 0 unspecified atom stereocenters. The molecule has 0 saturated carbocycles. The first-order valence-electron chi connectivity index (χ1n) is 8.15. The third-order valence-corrected chi connectivity index (χ3v) is 4.39. The number of H-pyrrole nitrogens is 1. The molecule has 0 fully saturated rings. The van der Waals surface area contributed by atoms with E-state index < -0.39 is 46.7 Å². The Morgan fingerprint density at radius 2 is 1.55 bits per heavy atom. The fourth-order valence-electron chi connectivity index (χ4n) is 2.70. The third-order valence-electron chi connectivity index (χ3n) is 4.39. The number of nitrogens with one attached hydrogen (secondary N) is 2. The van der Waals surface area contributed by atoms with Crippen LogP contribution in [-0.2, 0) is 0 Å². The second kappa shape index (κ2) is 7.49. The lowest BCUT2D eigenvalue weighted by atomic mass is 10.1. The van der Waals surface area contributed by atoms with Gasteiger partial charge in [0.15, 0.2) is 29.1 Å². The molecular weight excluding hydrogens is 399 g/mol. The molecule has 2 N–H and O–H groups in total. The molecule has 2 aromatic carbocycles. The molecule has 0 saturated heterocycles. The second-order valence-corrected chi connectivity index (χ2v) is 6.22. The molecule has 0 radical (unpaired) electrons. The van der Waals surface area contributed by atoms with Gasteiger partial charge in [-0.2, -0.15) is 5.10 Å². The van der Waals surface area contributed by atoms with Crippen molar-refractivity contribution in [3.05, 3.63) is 69.4 Å². The van der Waals surface area contributed by atoms with Crippen molar-refractivity contribution in [1.82, 2.24) is 15.1 Å². The Labute approximate surface area is 159 Å². The van der Waals surface area contributed by atoms with E-state index in [9.17, 15) is 31.5 Å². The zero-order chi connectivity index (χ0) is 21.5. The number of amides is 2. The largest absolute Gasteiger partial charge is 0.322 e. The number of carbonyl (C=O) groups is 1. The summed E-state index contributed by atoms with van der Waals surface area (Å²) in [6.45, 7) is 1.48. The van der Waals surface area contributed by atoms with Crippen molar-refractivity contribution in [2.45, 2.75) is 13.0 Å². The summed E-state index contributed by atoms with van der Waals surface area (Å²) in [4.78, 5) is 25.3. The van der Waals surface area contributed by atoms with Gasteiger partial charge in [0.2, 0.25) is 0 Å².